The van der Waals surface area contributed by atoms with Gasteiger partial charge in [-0.2, -0.15) is 0 Å². The number of rotatable bonds is 4. The normalized spacial score (nSPS) is 9.94. The van der Waals surface area contributed by atoms with Crippen molar-refractivity contribution < 1.29 is 4.74 Å². The first kappa shape index (κ1) is 11.3. The Hall–Kier alpha value is -2.23. The standard InChI is InChI=1S/C13H15N3O/c1-17-11-2-3-12(14)13(8-11)16-9-10-4-6-15-7-5-10/h2-8,16H,9,14H2,1H3. The van der Waals surface area contributed by atoms with Gasteiger partial charge in [0.1, 0.15) is 5.75 Å². The summed E-state index contributed by atoms with van der Waals surface area (Å²) >= 11 is 0. The molecule has 4 nitrogen and oxygen atoms in total. The van der Waals surface area contributed by atoms with Crippen molar-refractivity contribution in [1.29, 1.82) is 0 Å². The molecule has 0 aliphatic carbocycles. The van der Waals surface area contributed by atoms with E-state index in [4.69, 9.17) is 10.5 Å². The van der Waals surface area contributed by atoms with Crippen LogP contribution in [0.25, 0.3) is 0 Å². The minimum absolute atomic E-state index is 0.708. The van der Waals surface area contributed by atoms with Crippen LogP contribution in [0.2, 0.25) is 0 Å². The van der Waals surface area contributed by atoms with Gasteiger partial charge in [-0.05, 0) is 29.8 Å². The molecular weight excluding hydrogens is 214 g/mol. The van der Waals surface area contributed by atoms with Crippen LogP contribution in [-0.2, 0) is 6.54 Å². The molecule has 0 aliphatic heterocycles. The second kappa shape index (κ2) is 5.21. The van der Waals surface area contributed by atoms with Crippen molar-refractivity contribution >= 4 is 11.4 Å². The third-order valence-corrected chi connectivity index (χ3v) is 2.49. The zero-order chi connectivity index (χ0) is 12.1. The zero-order valence-corrected chi connectivity index (χ0v) is 9.68. The Morgan fingerprint density at radius 1 is 1.24 bits per heavy atom. The van der Waals surface area contributed by atoms with Gasteiger partial charge in [0.2, 0.25) is 0 Å². The van der Waals surface area contributed by atoms with Gasteiger partial charge in [0.15, 0.2) is 0 Å². The highest BCUT2D eigenvalue weighted by molar-refractivity contribution is 5.68. The van der Waals surface area contributed by atoms with E-state index in [1.165, 1.54) is 0 Å². The van der Waals surface area contributed by atoms with Crippen molar-refractivity contribution in [2.24, 2.45) is 0 Å². The van der Waals surface area contributed by atoms with Gasteiger partial charge in [0.25, 0.3) is 0 Å². The fraction of sp³-hybridized carbons (Fsp3) is 0.154. The summed E-state index contributed by atoms with van der Waals surface area (Å²) in [5, 5.41) is 3.27. The topological polar surface area (TPSA) is 60.2 Å². The van der Waals surface area contributed by atoms with Crippen molar-refractivity contribution in [1.82, 2.24) is 4.98 Å². The molecule has 2 rings (SSSR count). The first-order valence-electron chi connectivity index (χ1n) is 5.36. The predicted molar refractivity (Wildman–Crippen MR) is 69.0 cm³/mol. The average Bonchev–Trinajstić information content (AvgIpc) is 2.39. The Labute approximate surface area is 100 Å². The number of anilines is 2. The average molecular weight is 229 g/mol. The van der Waals surface area contributed by atoms with Crippen LogP contribution in [-0.4, -0.2) is 12.1 Å². The Morgan fingerprint density at radius 3 is 2.71 bits per heavy atom. The Balaban J connectivity index is 2.08. The monoisotopic (exact) mass is 229 g/mol. The molecule has 1 aromatic heterocycles. The molecule has 88 valence electrons. The maximum absolute atomic E-state index is 5.88. The third-order valence-electron chi connectivity index (χ3n) is 2.49. The van der Waals surface area contributed by atoms with Crippen molar-refractivity contribution in [3.05, 3.63) is 48.3 Å². The summed E-state index contributed by atoms with van der Waals surface area (Å²) in [6, 6.07) is 9.48. The van der Waals surface area contributed by atoms with E-state index in [2.05, 4.69) is 10.3 Å². The molecule has 0 saturated carbocycles. The van der Waals surface area contributed by atoms with Crippen LogP contribution >= 0.6 is 0 Å². The molecule has 17 heavy (non-hydrogen) atoms. The first-order chi connectivity index (χ1) is 8.29. The minimum Gasteiger partial charge on any atom is -0.497 e. The summed E-state index contributed by atoms with van der Waals surface area (Å²) in [6.45, 7) is 0.708. The van der Waals surface area contributed by atoms with Gasteiger partial charge in [0, 0.05) is 25.0 Å². The van der Waals surface area contributed by atoms with Gasteiger partial charge < -0.3 is 15.8 Å². The molecule has 0 bridgehead atoms. The smallest absolute Gasteiger partial charge is 0.121 e. The lowest BCUT2D eigenvalue weighted by atomic mass is 10.2. The summed E-state index contributed by atoms with van der Waals surface area (Å²) in [5.41, 5.74) is 8.62. The number of benzene rings is 1. The van der Waals surface area contributed by atoms with Crippen LogP contribution in [0.4, 0.5) is 11.4 Å². The number of ether oxygens (including phenoxy) is 1. The minimum atomic E-state index is 0.708. The fourth-order valence-corrected chi connectivity index (χ4v) is 1.51. The molecule has 4 heteroatoms. The SMILES string of the molecule is COc1ccc(N)c(NCc2ccncc2)c1. The number of nitrogens with two attached hydrogens (primary N) is 1. The number of nitrogens with zero attached hydrogens (tertiary/aromatic N) is 1. The maximum atomic E-state index is 5.88. The van der Waals surface area contributed by atoms with Crippen molar-refractivity contribution in [3.63, 3.8) is 0 Å². The van der Waals surface area contributed by atoms with E-state index in [0.29, 0.717) is 12.2 Å². The lowest BCUT2D eigenvalue weighted by molar-refractivity contribution is 0.415. The molecule has 0 spiro atoms. The van der Waals surface area contributed by atoms with E-state index in [9.17, 15) is 0 Å². The molecule has 2 aromatic rings. The van der Waals surface area contributed by atoms with Crippen molar-refractivity contribution in [3.8, 4) is 5.75 Å². The molecule has 0 fully saturated rings. The van der Waals surface area contributed by atoms with E-state index in [1.807, 2.05) is 30.3 Å². The van der Waals surface area contributed by atoms with Crippen molar-refractivity contribution in [2.45, 2.75) is 6.54 Å². The number of hydrogen-bond acceptors (Lipinski definition) is 4. The van der Waals surface area contributed by atoms with Crippen molar-refractivity contribution in [2.75, 3.05) is 18.2 Å². The Kier molecular flexibility index (Phi) is 3.45. The maximum Gasteiger partial charge on any atom is 0.121 e. The fourth-order valence-electron chi connectivity index (χ4n) is 1.51. The number of nitrogens with one attached hydrogen (secondary N) is 1. The summed E-state index contributed by atoms with van der Waals surface area (Å²) < 4.78 is 5.16. The molecule has 0 atom stereocenters. The Morgan fingerprint density at radius 2 is 2.00 bits per heavy atom. The summed E-state index contributed by atoms with van der Waals surface area (Å²) in [4.78, 5) is 3.97. The summed E-state index contributed by atoms with van der Waals surface area (Å²) in [6.07, 6.45) is 3.54. The molecule has 1 aromatic carbocycles. The van der Waals surface area contributed by atoms with E-state index in [1.54, 1.807) is 19.5 Å². The highest BCUT2D eigenvalue weighted by Crippen LogP contribution is 2.24. The molecule has 0 aliphatic rings. The van der Waals surface area contributed by atoms with Gasteiger partial charge in [0.05, 0.1) is 18.5 Å². The van der Waals surface area contributed by atoms with Crippen LogP contribution in [0.5, 0.6) is 5.75 Å². The van der Waals surface area contributed by atoms with Crippen LogP contribution < -0.4 is 15.8 Å². The van der Waals surface area contributed by atoms with E-state index in [-0.39, 0.29) is 0 Å². The van der Waals surface area contributed by atoms with Gasteiger partial charge in [-0.1, -0.05) is 0 Å². The number of pyridine rings is 1. The Bertz CT molecular complexity index is 485. The lowest BCUT2D eigenvalue weighted by Gasteiger charge is -2.10. The lowest BCUT2D eigenvalue weighted by Crippen LogP contribution is -2.02. The molecule has 3 N–H and O–H groups in total. The van der Waals surface area contributed by atoms with E-state index >= 15 is 0 Å². The van der Waals surface area contributed by atoms with Crippen LogP contribution in [0.3, 0.4) is 0 Å². The second-order valence-corrected chi connectivity index (χ2v) is 3.66. The van der Waals surface area contributed by atoms with Crippen LogP contribution in [0.1, 0.15) is 5.56 Å². The number of methoxy groups -OCH3 is 1. The number of aromatic nitrogens is 1. The summed E-state index contributed by atoms with van der Waals surface area (Å²) in [5.74, 6) is 0.788. The van der Waals surface area contributed by atoms with Gasteiger partial charge in [-0.3, -0.25) is 4.98 Å². The zero-order valence-electron chi connectivity index (χ0n) is 9.68. The number of hydrogen-bond donors (Lipinski definition) is 2. The molecule has 0 amide bonds. The molecule has 0 saturated heterocycles. The highest BCUT2D eigenvalue weighted by atomic mass is 16.5. The first-order valence-corrected chi connectivity index (χ1v) is 5.36. The molecule has 0 unspecified atom stereocenters. The highest BCUT2D eigenvalue weighted by Gasteiger charge is 2.01. The third kappa shape index (κ3) is 2.87. The van der Waals surface area contributed by atoms with Gasteiger partial charge in [-0.15, -0.1) is 0 Å². The van der Waals surface area contributed by atoms with Gasteiger partial charge >= 0.3 is 0 Å². The number of nitrogen functional groups attached to an aromatic ring is 1. The predicted octanol–water partition coefficient (Wildman–Crippen LogP) is 2.28. The second-order valence-electron chi connectivity index (χ2n) is 3.66. The molecule has 0 radical (unpaired) electrons. The van der Waals surface area contributed by atoms with E-state index < -0.39 is 0 Å². The van der Waals surface area contributed by atoms with E-state index in [0.717, 1.165) is 17.0 Å². The van der Waals surface area contributed by atoms with Gasteiger partial charge in [-0.25, -0.2) is 0 Å². The largest absolute Gasteiger partial charge is 0.497 e. The molecular formula is C13H15N3O. The molecule has 1 heterocycles. The van der Waals surface area contributed by atoms with Crippen LogP contribution in [0.15, 0.2) is 42.7 Å². The van der Waals surface area contributed by atoms with Crippen LogP contribution in [0, 0.1) is 0 Å². The quantitative estimate of drug-likeness (QED) is 0.790. The summed E-state index contributed by atoms with van der Waals surface area (Å²) in [7, 11) is 1.64.